The molecule has 51 heavy (non-hydrogen) atoms. The summed E-state index contributed by atoms with van der Waals surface area (Å²) >= 11 is 3.49. The second kappa shape index (κ2) is 15.4. The molecule has 1 amide bonds. The third-order valence-corrected chi connectivity index (χ3v) is 9.18. The molecule has 3 atom stereocenters. The van der Waals surface area contributed by atoms with E-state index in [0.29, 0.717) is 24.2 Å². The lowest BCUT2D eigenvalue weighted by atomic mass is 9.82. The fourth-order valence-corrected chi connectivity index (χ4v) is 7.01. The molecule has 1 aliphatic rings. The number of Topliss-reactive ketones (excluding diaryl/α,β-unsaturated/α-hetero) is 1. The molecule has 3 aromatic heterocycles. The first kappa shape index (κ1) is 35.6. The molecule has 1 aliphatic heterocycles. The molecule has 12 nitrogen and oxygen atoms in total. The zero-order chi connectivity index (χ0) is 36.1. The number of carbonyl (C=O) groups excluding carboxylic acids is 3. The summed E-state index contributed by atoms with van der Waals surface area (Å²) in [4.78, 5) is 51.5. The quantitative estimate of drug-likeness (QED) is 0.115. The van der Waals surface area contributed by atoms with Crippen LogP contribution in [-0.2, 0) is 27.3 Å². The van der Waals surface area contributed by atoms with Gasteiger partial charge in [-0.1, -0.05) is 64.5 Å². The number of rotatable bonds is 10. The summed E-state index contributed by atoms with van der Waals surface area (Å²) < 4.78 is 13.8. The summed E-state index contributed by atoms with van der Waals surface area (Å²) in [6.45, 7) is 8.92. The van der Waals surface area contributed by atoms with Gasteiger partial charge in [-0.25, -0.2) is 14.5 Å². The van der Waals surface area contributed by atoms with E-state index >= 15 is 0 Å². The van der Waals surface area contributed by atoms with E-state index in [9.17, 15) is 14.4 Å². The highest BCUT2D eigenvalue weighted by molar-refractivity contribution is 9.10. The molecule has 1 fully saturated rings. The monoisotopic (exact) mass is 753 g/mol. The number of hydrogen-bond acceptors (Lipinski definition) is 10. The molecule has 264 valence electrons. The van der Waals surface area contributed by atoms with Gasteiger partial charge in [-0.05, 0) is 56.5 Å². The lowest BCUT2D eigenvalue weighted by Gasteiger charge is -2.44. The van der Waals surface area contributed by atoms with Gasteiger partial charge < -0.3 is 14.4 Å². The summed E-state index contributed by atoms with van der Waals surface area (Å²) in [5, 5.41) is 11.8. The summed E-state index contributed by atoms with van der Waals surface area (Å²) in [6, 6.07) is 18.4. The van der Waals surface area contributed by atoms with Crippen molar-refractivity contribution in [3.63, 3.8) is 0 Å². The Morgan fingerprint density at radius 3 is 2.57 bits per heavy atom. The van der Waals surface area contributed by atoms with Gasteiger partial charge in [0, 0.05) is 65.1 Å². The fourth-order valence-electron chi connectivity index (χ4n) is 6.66. The SMILES string of the molecule is C[C@H]1CN(c2ccncc2CC(=O)c2nc3cc(Br)ccc3cc2NC(=O)OCc2ccccc2)C[C@@H](CC(=O)OC(C)(C)C)[C@H]1n1ccnn1. The Morgan fingerprint density at radius 2 is 1.82 bits per heavy atom. The average molecular weight is 755 g/mol. The van der Waals surface area contributed by atoms with Gasteiger partial charge >= 0.3 is 12.1 Å². The van der Waals surface area contributed by atoms with E-state index in [1.165, 1.54) is 0 Å². The fraction of sp³-hybridized carbons (Fsp3) is 0.342. The van der Waals surface area contributed by atoms with E-state index in [0.717, 1.165) is 21.1 Å². The number of piperidine rings is 1. The molecule has 0 spiro atoms. The zero-order valence-electron chi connectivity index (χ0n) is 29.0. The average Bonchev–Trinajstić information content (AvgIpc) is 3.61. The van der Waals surface area contributed by atoms with Gasteiger partial charge in [0.1, 0.15) is 17.9 Å². The number of anilines is 2. The summed E-state index contributed by atoms with van der Waals surface area (Å²) in [5.41, 5.74) is 2.69. The van der Waals surface area contributed by atoms with Gasteiger partial charge in [-0.2, -0.15) is 0 Å². The molecule has 1 N–H and O–H groups in total. The molecule has 0 aliphatic carbocycles. The van der Waals surface area contributed by atoms with Crippen molar-refractivity contribution >= 4 is 56.1 Å². The van der Waals surface area contributed by atoms with Crippen molar-refractivity contribution in [2.24, 2.45) is 11.8 Å². The van der Waals surface area contributed by atoms with Crippen LogP contribution in [0.4, 0.5) is 16.2 Å². The first-order valence-electron chi connectivity index (χ1n) is 16.8. The predicted molar refractivity (Wildman–Crippen MR) is 196 cm³/mol. The van der Waals surface area contributed by atoms with Crippen molar-refractivity contribution in [1.82, 2.24) is 25.0 Å². The molecule has 13 heteroatoms. The smallest absolute Gasteiger partial charge is 0.412 e. The number of fused-ring (bicyclic) bond motifs is 1. The lowest BCUT2D eigenvalue weighted by Crippen LogP contribution is -2.48. The number of benzene rings is 2. The van der Waals surface area contributed by atoms with Crippen molar-refractivity contribution in [2.75, 3.05) is 23.3 Å². The summed E-state index contributed by atoms with van der Waals surface area (Å²) in [7, 11) is 0. The number of nitrogens with zero attached hydrogens (tertiary/aromatic N) is 6. The molecule has 1 saturated heterocycles. The highest BCUT2D eigenvalue weighted by atomic mass is 79.9. The Hall–Kier alpha value is -5.17. The van der Waals surface area contributed by atoms with E-state index in [2.05, 4.69) is 48.4 Å². The zero-order valence-corrected chi connectivity index (χ0v) is 30.5. The minimum absolute atomic E-state index is 0.0302. The maximum absolute atomic E-state index is 14.2. The Labute approximate surface area is 304 Å². The highest BCUT2D eigenvalue weighted by Gasteiger charge is 2.39. The van der Waals surface area contributed by atoms with Crippen molar-refractivity contribution in [3.8, 4) is 0 Å². The maximum atomic E-state index is 14.2. The van der Waals surface area contributed by atoms with Crippen molar-refractivity contribution in [1.29, 1.82) is 0 Å². The van der Waals surface area contributed by atoms with Gasteiger partial charge in [-0.15, -0.1) is 5.10 Å². The number of nitrogens with one attached hydrogen (secondary N) is 1. The maximum Gasteiger partial charge on any atom is 0.412 e. The Balaban J connectivity index is 1.26. The third kappa shape index (κ3) is 8.95. The van der Waals surface area contributed by atoms with Gasteiger partial charge in [0.2, 0.25) is 0 Å². The molecular formula is C38H40BrN7O5. The largest absolute Gasteiger partial charge is 0.460 e. The van der Waals surface area contributed by atoms with Crippen molar-refractivity contribution in [3.05, 3.63) is 107 Å². The van der Waals surface area contributed by atoms with Crippen LogP contribution in [-0.4, -0.2) is 61.5 Å². The topological polar surface area (TPSA) is 141 Å². The molecular weight excluding hydrogens is 714 g/mol. The minimum atomic E-state index is -0.700. The third-order valence-electron chi connectivity index (χ3n) is 8.69. The Morgan fingerprint density at radius 1 is 1.02 bits per heavy atom. The first-order chi connectivity index (χ1) is 24.4. The predicted octanol–water partition coefficient (Wildman–Crippen LogP) is 7.20. The van der Waals surface area contributed by atoms with Crippen LogP contribution in [0.1, 0.15) is 61.8 Å². The van der Waals surface area contributed by atoms with E-state index in [-0.39, 0.29) is 60.5 Å². The molecule has 4 heterocycles. The van der Waals surface area contributed by atoms with Crippen molar-refractivity contribution < 1.29 is 23.9 Å². The van der Waals surface area contributed by atoms with E-state index in [1.54, 1.807) is 24.7 Å². The number of esters is 1. The molecule has 0 radical (unpaired) electrons. The normalized spacial score (nSPS) is 17.6. The number of hydrogen-bond donors (Lipinski definition) is 1. The van der Waals surface area contributed by atoms with Crippen LogP contribution in [0.3, 0.4) is 0 Å². The molecule has 5 aromatic rings. The summed E-state index contributed by atoms with van der Waals surface area (Å²) in [5.74, 6) is -0.670. The first-order valence-corrected chi connectivity index (χ1v) is 17.6. The second-order valence-electron chi connectivity index (χ2n) is 13.8. The number of amides is 1. The number of halogens is 1. The van der Waals surface area contributed by atoms with E-state index in [1.807, 2.05) is 86.2 Å². The number of pyridine rings is 2. The summed E-state index contributed by atoms with van der Waals surface area (Å²) in [6.07, 6.45) is 6.31. The van der Waals surface area contributed by atoms with E-state index in [4.69, 9.17) is 14.5 Å². The number of carbonyl (C=O) groups is 3. The van der Waals surface area contributed by atoms with Crippen molar-refractivity contribution in [2.45, 2.75) is 58.8 Å². The van der Waals surface area contributed by atoms with Crippen LogP contribution in [0.25, 0.3) is 10.9 Å². The van der Waals surface area contributed by atoms with Gasteiger partial charge in [-0.3, -0.25) is 19.9 Å². The van der Waals surface area contributed by atoms with Crippen LogP contribution in [0.2, 0.25) is 0 Å². The minimum Gasteiger partial charge on any atom is -0.460 e. The highest BCUT2D eigenvalue weighted by Crippen LogP contribution is 2.38. The van der Waals surface area contributed by atoms with Crippen LogP contribution in [0.5, 0.6) is 0 Å². The second-order valence-corrected chi connectivity index (χ2v) is 14.7. The molecule has 0 unspecified atom stereocenters. The number of ketones is 1. The van der Waals surface area contributed by atoms with Gasteiger partial charge in [0.15, 0.2) is 5.78 Å². The van der Waals surface area contributed by atoms with Gasteiger partial charge in [0.05, 0.1) is 29.9 Å². The lowest BCUT2D eigenvalue weighted by molar-refractivity contribution is -0.156. The Kier molecular flexibility index (Phi) is 10.8. The van der Waals surface area contributed by atoms with Gasteiger partial charge in [0.25, 0.3) is 0 Å². The van der Waals surface area contributed by atoms with Crippen LogP contribution in [0, 0.1) is 11.8 Å². The van der Waals surface area contributed by atoms with Crippen LogP contribution < -0.4 is 10.2 Å². The van der Waals surface area contributed by atoms with Crippen LogP contribution in [0.15, 0.2) is 89.9 Å². The number of ether oxygens (including phenoxy) is 2. The molecule has 2 aromatic carbocycles. The molecule has 6 rings (SSSR count). The molecule has 0 saturated carbocycles. The van der Waals surface area contributed by atoms with E-state index < -0.39 is 11.7 Å². The number of aromatic nitrogens is 5. The standard InChI is InChI=1S/C38H40BrN7O5/c1-24-21-45(22-28(18-34(48)51-38(2,3)4)36(24)46-15-14-41-44-46)32-12-13-40-20-27(32)17-33(47)35-31(16-26-10-11-29(39)19-30(26)42-35)43-37(49)50-23-25-8-6-5-7-9-25/h5-16,19-20,24,28,36H,17-18,21-23H2,1-4H3,(H,43,49)/t24-,28+,36-/m0/s1. The Bertz CT molecular complexity index is 2020. The molecule has 0 bridgehead atoms. The van der Waals surface area contributed by atoms with Crippen LogP contribution >= 0.6 is 15.9 Å².